The van der Waals surface area contributed by atoms with Crippen molar-refractivity contribution in [1.29, 1.82) is 0 Å². The molecule has 3 N–H and O–H groups in total. The molecule has 2 rings (SSSR count). The number of halogens is 4. The van der Waals surface area contributed by atoms with Gasteiger partial charge in [0, 0.05) is 18.2 Å². The fourth-order valence-electron chi connectivity index (χ4n) is 2.18. The van der Waals surface area contributed by atoms with Gasteiger partial charge in [0.15, 0.2) is 17.5 Å². The van der Waals surface area contributed by atoms with E-state index in [9.17, 15) is 13.2 Å². The van der Waals surface area contributed by atoms with Gasteiger partial charge in [-0.05, 0) is 19.4 Å². The normalized spacial score (nSPS) is 12.7. The monoisotopic (exact) mass is 318 g/mol. The third kappa shape index (κ3) is 2.90. The highest BCUT2D eigenvalue weighted by atomic mass is 35.5. The van der Waals surface area contributed by atoms with Crippen LogP contribution in [0.1, 0.15) is 22.9 Å². The van der Waals surface area contributed by atoms with E-state index >= 15 is 0 Å². The topological polar surface area (TPSA) is 55.9 Å². The first-order valence-corrected chi connectivity index (χ1v) is 6.52. The summed E-state index contributed by atoms with van der Waals surface area (Å²) in [6.07, 6.45) is 0.191. The number of hydrogen-bond acceptors (Lipinski definition) is 3. The molecule has 0 saturated heterocycles. The van der Waals surface area contributed by atoms with E-state index in [0.29, 0.717) is 16.4 Å². The standard InChI is InChI=1S/C13H14ClF3N4/c1-6-8(13(14)21(2)20-6)5-10(19-18)7-3-4-9(15)12(17)11(7)16/h3-4,10,19H,5,18H2,1-2H3. The Bertz CT molecular complexity index is 672. The first-order valence-electron chi connectivity index (χ1n) is 6.14. The summed E-state index contributed by atoms with van der Waals surface area (Å²) in [7, 11) is 1.67. The Kier molecular flexibility index (Phi) is 4.55. The zero-order valence-corrected chi connectivity index (χ0v) is 12.2. The highest BCUT2D eigenvalue weighted by molar-refractivity contribution is 6.30. The van der Waals surface area contributed by atoms with Crippen LogP contribution in [0.2, 0.25) is 5.15 Å². The molecule has 0 aliphatic rings. The summed E-state index contributed by atoms with van der Waals surface area (Å²) in [6, 6.07) is 1.24. The zero-order chi connectivity index (χ0) is 15.7. The molecule has 1 heterocycles. The molecule has 2 aromatic rings. The van der Waals surface area contributed by atoms with E-state index in [0.717, 1.165) is 12.1 Å². The number of rotatable bonds is 4. The molecule has 21 heavy (non-hydrogen) atoms. The first-order chi connectivity index (χ1) is 9.86. The number of nitrogens with two attached hydrogens (primary N) is 1. The molecule has 1 aromatic heterocycles. The molecule has 0 amide bonds. The minimum atomic E-state index is -1.53. The summed E-state index contributed by atoms with van der Waals surface area (Å²) >= 11 is 6.10. The fraction of sp³-hybridized carbons (Fsp3) is 0.308. The van der Waals surface area contributed by atoms with Crippen molar-refractivity contribution < 1.29 is 13.2 Å². The Hall–Kier alpha value is -1.57. The van der Waals surface area contributed by atoms with Crippen LogP contribution in [-0.4, -0.2) is 9.78 Å². The van der Waals surface area contributed by atoms with Crippen molar-refractivity contribution in [3.8, 4) is 0 Å². The average Bonchev–Trinajstić information content (AvgIpc) is 2.69. The van der Waals surface area contributed by atoms with Gasteiger partial charge in [0.05, 0.1) is 11.7 Å². The predicted molar refractivity (Wildman–Crippen MR) is 73.0 cm³/mol. The smallest absolute Gasteiger partial charge is 0.194 e. The summed E-state index contributed by atoms with van der Waals surface area (Å²) < 4.78 is 41.6. The van der Waals surface area contributed by atoms with Crippen LogP contribution in [0.15, 0.2) is 12.1 Å². The number of hydrogen-bond donors (Lipinski definition) is 2. The molecular weight excluding hydrogens is 305 g/mol. The third-order valence-corrected chi connectivity index (χ3v) is 3.79. The van der Waals surface area contributed by atoms with Gasteiger partial charge >= 0.3 is 0 Å². The molecule has 1 atom stereocenters. The van der Waals surface area contributed by atoms with E-state index in [1.807, 2.05) is 0 Å². The number of nitrogens with one attached hydrogen (secondary N) is 1. The maximum Gasteiger partial charge on any atom is 0.194 e. The maximum atomic E-state index is 13.8. The van der Waals surface area contributed by atoms with E-state index in [1.54, 1.807) is 14.0 Å². The van der Waals surface area contributed by atoms with Crippen LogP contribution in [0.25, 0.3) is 0 Å². The Morgan fingerprint density at radius 1 is 1.33 bits per heavy atom. The number of hydrazine groups is 1. The summed E-state index contributed by atoms with van der Waals surface area (Å²) in [5.41, 5.74) is 3.64. The van der Waals surface area contributed by atoms with Gasteiger partial charge in [-0.2, -0.15) is 5.10 Å². The molecular formula is C13H14ClF3N4. The number of aryl methyl sites for hydroxylation is 2. The van der Waals surface area contributed by atoms with Crippen LogP contribution in [0.5, 0.6) is 0 Å². The second-order valence-corrected chi connectivity index (χ2v) is 5.02. The molecule has 114 valence electrons. The molecule has 0 aliphatic carbocycles. The molecule has 1 unspecified atom stereocenters. The molecule has 0 radical (unpaired) electrons. The van der Waals surface area contributed by atoms with Gasteiger partial charge in [-0.25, -0.2) is 13.2 Å². The fourth-order valence-corrected chi connectivity index (χ4v) is 2.43. The van der Waals surface area contributed by atoms with Crippen molar-refractivity contribution in [2.45, 2.75) is 19.4 Å². The maximum absolute atomic E-state index is 13.8. The summed E-state index contributed by atoms with van der Waals surface area (Å²) in [5.74, 6) is 1.37. The zero-order valence-electron chi connectivity index (χ0n) is 11.4. The van der Waals surface area contributed by atoms with Gasteiger partial charge in [0.1, 0.15) is 5.15 Å². The Balaban J connectivity index is 2.39. The van der Waals surface area contributed by atoms with Crippen molar-refractivity contribution in [1.82, 2.24) is 15.2 Å². The van der Waals surface area contributed by atoms with Crippen LogP contribution in [-0.2, 0) is 13.5 Å². The molecule has 0 saturated carbocycles. The molecule has 0 aliphatic heterocycles. The van der Waals surface area contributed by atoms with Crippen LogP contribution in [0, 0.1) is 24.4 Å². The molecule has 8 heteroatoms. The van der Waals surface area contributed by atoms with Crippen molar-refractivity contribution in [2.24, 2.45) is 12.9 Å². The van der Waals surface area contributed by atoms with Gasteiger partial charge in [-0.3, -0.25) is 16.0 Å². The largest absolute Gasteiger partial charge is 0.271 e. The summed E-state index contributed by atoms with van der Waals surface area (Å²) in [6.45, 7) is 1.75. The van der Waals surface area contributed by atoms with E-state index in [1.165, 1.54) is 4.68 Å². The Morgan fingerprint density at radius 3 is 2.52 bits per heavy atom. The molecule has 0 bridgehead atoms. The van der Waals surface area contributed by atoms with Crippen molar-refractivity contribution in [2.75, 3.05) is 0 Å². The molecule has 4 nitrogen and oxygen atoms in total. The quantitative estimate of drug-likeness (QED) is 0.517. The lowest BCUT2D eigenvalue weighted by Gasteiger charge is -2.17. The Labute approximate surface area is 124 Å². The summed E-state index contributed by atoms with van der Waals surface area (Å²) in [5, 5.41) is 4.52. The number of aromatic nitrogens is 2. The Morgan fingerprint density at radius 2 is 2.00 bits per heavy atom. The van der Waals surface area contributed by atoms with E-state index < -0.39 is 23.5 Å². The minimum Gasteiger partial charge on any atom is -0.271 e. The second kappa shape index (κ2) is 6.05. The predicted octanol–water partition coefficient (Wildman–Crippen LogP) is 2.55. The van der Waals surface area contributed by atoms with Gasteiger partial charge in [0.25, 0.3) is 0 Å². The van der Waals surface area contributed by atoms with E-state index in [2.05, 4.69) is 10.5 Å². The average molecular weight is 319 g/mol. The highest BCUT2D eigenvalue weighted by Crippen LogP contribution is 2.28. The number of benzene rings is 1. The first kappa shape index (κ1) is 15.8. The molecule has 0 fully saturated rings. The van der Waals surface area contributed by atoms with Crippen LogP contribution in [0.4, 0.5) is 13.2 Å². The lowest BCUT2D eigenvalue weighted by Crippen LogP contribution is -2.30. The second-order valence-electron chi connectivity index (χ2n) is 4.67. The minimum absolute atomic E-state index is 0.0734. The SMILES string of the molecule is Cc1nn(C)c(Cl)c1CC(NN)c1ccc(F)c(F)c1F. The third-order valence-electron chi connectivity index (χ3n) is 3.32. The molecule has 1 aromatic carbocycles. The van der Waals surface area contributed by atoms with Gasteiger partial charge < -0.3 is 0 Å². The van der Waals surface area contributed by atoms with Gasteiger partial charge in [-0.15, -0.1) is 0 Å². The lowest BCUT2D eigenvalue weighted by molar-refractivity contribution is 0.424. The highest BCUT2D eigenvalue weighted by Gasteiger charge is 2.23. The van der Waals surface area contributed by atoms with Gasteiger partial charge in [-0.1, -0.05) is 17.7 Å². The summed E-state index contributed by atoms with van der Waals surface area (Å²) in [4.78, 5) is 0. The lowest BCUT2D eigenvalue weighted by atomic mass is 9.99. The van der Waals surface area contributed by atoms with E-state index in [4.69, 9.17) is 17.4 Å². The van der Waals surface area contributed by atoms with Gasteiger partial charge in [0.2, 0.25) is 0 Å². The molecule has 0 spiro atoms. The van der Waals surface area contributed by atoms with Crippen molar-refractivity contribution >= 4 is 11.6 Å². The van der Waals surface area contributed by atoms with Crippen LogP contribution in [0.3, 0.4) is 0 Å². The van der Waals surface area contributed by atoms with Crippen LogP contribution < -0.4 is 11.3 Å². The van der Waals surface area contributed by atoms with Crippen LogP contribution >= 0.6 is 11.6 Å². The number of nitrogens with zero attached hydrogens (tertiary/aromatic N) is 2. The van der Waals surface area contributed by atoms with Crippen molar-refractivity contribution in [3.05, 3.63) is 51.6 Å². The van der Waals surface area contributed by atoms with E-state index in [-0.39, 0.29) is 12.0 Å². The van der Waals surface area contributed by atoms with Crippen molar-refractivity contribution in [3.63, 3.8) is 0 Å².